The highest BCUT2D eigenvalue weighted by molar-refractivity contribution is 5.75. The summed E-state index contributed by atoms with van der Waals surface area (Å²) in [6, 6.07) is 3.16. The fourth-order valence-corrected chi connectivity index (χ4v) is 2.61. The van der Waals surface area contributed by atoms with Gasteiger partial charge in [0.2, 0.25) is 0 Å². The molecule has 0 spiro atoms. The van der Waals surface area contributed by atoms with Gasteiger partial charge in [0.15, 0.2) is 0 Å². The minimum atomic E-state index is -1.07. The maximum absolute atomic E-state index is 13.3. The molecule has 1 saturated heterocycles. The van der Waals surface area contributed by atoms with Crippen molar-refractivity contribution in [3.8, 4) is 0 Å². The molecule has 2 rings (SSSR count). The van der Waals surface area contributed by atoms with Crippen molar-refractivity contribution < 1.29 is 19.2 Å². The van der Waals surface area contributed by atoms with Crippen LogP contribution in [0.3, 0.4) is 0 Å². The van der Waals surface area contributed by atoms with Gasteiger partial charge in [-0.25, -0.2) is 4.39 Å². The van der Waals surface area contributed by atoms with Gasteiger partial charge in [-0.2, -0.15) is 0 Å². The number of nitrogens with one attached hydrogen (secondary N) is 1. The molecule has 0 bridgehead atoms. The van der Waals surface area contributed by atoms with Crippen molar-refractivity contribution in [3.05, 3.63) is 39.7 Å². The summed E-state index contributed by atoms with van der Waals surface area (Å²) in [4.78, 5) is 21.9. The highest BCUT2D eigenvalue weighted by Crippen LogP contribution is 2.36. The highest BCUT2D eigenvalue weighted by Gasteiger charge is 2.41. The van der Waals surface area contributed by atoms with E-state index in [2.05, 4.69) is 5.32 Å². The van der Waals surface area contributed by atoms with E-state index < -0.39 is 22.1 Å². The van der Waals surface area contributed by atoms with Crippen LogP contribution in [0.5, 0.6) is 0 Å². The summed E-state index contributed by atoms with van der Waals surface area (Å²) < 4.78 is 13.3. The molecule has 1 aliphatic heterocycles. The molecule has 1 heterocycles. The summed E-state index contributed by atoms with van der Waals surface area (Å²) in [5.74, 6) is -1.59. The summed E-state index contributed by atoms with van der Waals surface area (Å²) in [6.07, 6.45) is 0.712. The van der Waals surface area contributed by atoms with Gasteiger partial charge in [0.05, 0.1) is 10.3 Å². The number of carboxylic acids is 1. The van der Waals surface area contributed by atoms with Crippen molar-refractivity contribution in [2.45, 2.75) is 19.3 Å². The molecule has 1 fully saturated rings. The number of benzene rings is 1. The molecule has 108 valence electrons. The minimum absolute atomic E-state index is 0.0297. The van der Waals surface area contributed by atoms with Crippen LogP contribution in [0.15, 0.2) is 18.2 Å². The van der Waals surface area contributed by atoms with E-state index in [1.165, 1.54) is 0 Å². The molecular weight excluding hydrogens is 267 g/mol. The Labute approximate surface area is 114 Å². The van der Waals surface area contributed by atoms with Gasteiger partial charge in [-0.15, -0.1) is 0 Å². The maximum atomic E-state index is 13.3. The lowest BCUT2D eigenvalue weighted by Crippen LogP contribution is -2.43. The van der Waals surface area contributed by atoms with Gasteiger partial charge in [-0.3, -0.25) is 14.9 Å². The number of piperidine rings is 1. The number of aliphatic carboxylic acids is 1. The van der Waals surface area contributed by atoms with Crippen LogP contribution in [0.2, 0.25) is 0 Å². The van der Waals surface area contributed by atoms with Gasteiger partial charge in [0.25, 0.3) is 5.69 Å². The average molecular weight is 282 g/mol. The minimum Gasteiger partial charge on any atom is -0.481 e. The zero-order valence-corrected chi connectivity index (χ0v) is 10.8. The largest absolute Gasteiger partial charge is 0.481 e. The summed E-state index contributed by atoms with van der Waals surface area (Å²) in [7, 11) is 0. The topological polar surface area (TPSA) is 92.5 Å². The molecular formula is C13H15FN2O4. The first kappa shape index (κ1) is 14.4. The Kier molecular flexibility index (Phi) is 3.99. The molecule has 1 aromatic carbocycles. The normalized spacial score (nSPS) is 17.6. The number of nitrogens with zero attached hydrogens (tertiary/aromatic N) is 1. The van der Waals surface area contributed by atoms with Crippen molar-refractivity contribution in [1.29, 1.82) is 0 Å². The van der Waals surface area contributed by atoms with Crippen LogP contribution in [0.25, 0.3) is 0 Å². The van der Waals surface area contributed by atoms with Crippen LogP contribution >= 0.6 is 0 Å². The summed E-state index contributed by atoms with van der Waals surface area (Å²) in [5.41, 5.74) is -1.16. The first-order valence-corrected chi connectivity index (χ1v) is 6.31. The van der Waals surface area contributed by atoms with Gasteiger partial charge in [-0.05, 0) is 44.5 Å². The summed E-state index contributed by atoms with van der Waals surface area (Å²) in [6.45, 7) is 1.07. The zero-order chi connectivity index (χ0) is 14.8. The Morgan fingerprint density at radius 3 is 2.65 bits per heavy atom. The lowest BCUT2D eigenvalue weighted by Gasteiger charge is -2.33. The lowest BCUT2D eigenvalue weighted by molar-refractivity contribution is -0.385. The number of hydrogen-bond acceptors (Lipinski definition) is 4. The summed E-state index contributed by atoms with van der Waals surface area (Å²) >= 11 is 0. The quantitative estimate of drug-likeness (QED) is 0.648. The molecule has 20 heavy (non-hydrogen) atoms. The van der Waals surface area contributed by atoms with E-state index in [-0.39, 0.29) is 17.7 Å². The van der Waals surface area contributed by atoms with Crippen LogP contribution in [-0.4, -0.2) is 29.1 Å². The molecule has 0 radical (unpaired) electrons. The first-order chi connectivity index (χ1) is 9.44. The number of carboxylic acid groups (broad SMARTS) is 1. The standard InChI is InChI=1S/C13H15FN2O4/c14-10-1-2-11(16(19)20)9(7-10)8-13(12(17)18)3-5-15-6-4-13/h1-2,7,15H,3-6,8H2,(H,17,18). The average Bonchev–Trinajstić information content (AvgIpc) is 2.39. The van der Waals surface area contributed by atoms with E-state index in [9.17, 15) is 24.4 Å². The smallest absolute Gasteiger partial charge is 0.310 e. The number of rotatable bonds is 4. The van der Waals surface area contributed by atoms with Crippen molar-refractivity contribution in [1.82, 2.24) is 5.32 Å². The SMILES string of the molecule is O=C(O)C1(Cc2cc(F)ccc2[N+](=O)[O-])CCNCC1. The van der Waals surface area contributed by atoms with Crippen molar-refractivity contribution in [2.24, 2.45) is 5.41 Å². The molecule has 0 atom stereocenters. The fourth-order valence-electron chi connectivity index (χ4n) is 2.61. The predicted octanol–water partition coefficient (Wildman–Crippen LogP) is 1.73. The number of nitro benzene ring substituents is 1. The maximum Gasteiger partial charge on any atom is 0.310 e. The molecule has 1 aromatic rings. The number of carbonyl (C=O) groups is 1. The second kappa shape index (κ2) is 5.54. The molecule has 0 unspecified atom stereocenters. The van der Waals surface area contributed by atoms with Crippen LogP contribution in [0.1, 0.15) is 18.4 Å². The Balaban J connectivity index is 2.38. The van der Waals surface area contributed by atoms with Gasteiger partial charge < -0.3 is 10.4 Å². The number of halogens is 1. The van der Waals surface area contributed by atoms with E-state index in [0.29, 0.717) is 25.9 Å². The Morgan fingerprint density at radius 2 is 2.10 bits per heavy atom. The number of hydrogen-bond donors (Lipinski definition) is 2. The number of nitro groups is 1. The molecule has 0 amide bonds. The van der Waals surface area contributed by atoms with Crippen LogP contribution in [-0.2, 0) is 11.2 Å². The second-order valence-corrected chi connectivity index (χ2v) is 5.04. The first-order valence-electron chi connectivity index (χ1n) is 6.31. The van der Waals surface area contributed by atoms with Crippen LogP contribution in [0, 0.1) is 21.3 Å². The third-order valence-electron chi connectivity index (χ3n) is 3.78. The molecule has 0 saturated carbocycles. The van der Waals surface area contributed by atoms with E-state index in [4.69, 9.17) is 0 Å². The summed E-state index contributed by atoms with van der Waals surface area (Å²) in [5, 5.41) is 23.5. The van der Waals surface area contributed by atoms with E-state index in [0.717, 1.165) is 18.2 Å². The third kappa shape index (κ3) is 2.77. The molecule has 2 N–H and O–H groups in total. The lowest BCUT2D eigenvalue weighted by atomic mass is 9.74. The van der Waals surface area contributed by atoms with Gasteiger partial charge >= 0.3 is 5.97 Å². The predicted molar refractivity (Wildman–Crippen MR) is 68.9 cm³/mol. The van der Waals surface area contributed by atoms with Gasteiger partial charge in [0, 0.05) is 11.6 Å². The molecule has 7 heteroatoms. The van der Waals surface area contributed by atoms with Crippen LogP contribution < -0.4 is 5.32 Å². The molecule has 6 nitrogen and oxygen atoms in total. The third-order valence-corrected chi connectivity index (χ3v) is 3.78. The second-order valence-electron chi connectivity index (χ2n) is 5.04. The van der Waals surface area contributed by atoms with Crippen molar-refractivity contribution >= 4 is 11.7 Å². The Bertz CT molecular complexity index is 541. The van der Waals surface area contributed by atoms with Crippen molar-refractivity contribution in [3.63, 3.8) is 0 Å². The van der Waals surface area contributed by atoms with E-state index in [1.54, 1.807) is 0 Å². The highest BCUT2D eigenvalue weighted by atomic mass is 19.1. The van der Waals surface area contributed by atoms with Crippen molar-refractivity contribution in [2.75, 3.05) is 13.1 Å². The van der Waals surface area contributed by atoms with Gasteiger partial charge in [-0.1, -0.05) is 0 Å². The molecule has 1 aliphatic rings. The molecule has 0 aliphatic carbocycles. The Morgan fingerprint density at radius 1 is 1.45 bits per heavy atom. The molecule has 0 aromatic heterocycles. The fraction of sp³-hybridized carbons (Fsp3) is 0.462. The van der Waals surface area contributed by atoms with Gasteiger partial charge in [0.1, 0.15) is 5.82 Å². The monoisotopic (exact) mass is 282 g/mol. The Hall–Kier alpha value is -2.02. The van der Waals surface area contributed by atoms with E-state index >= 15 is 0 Å². The zero-order valence-electron chi connectivity index (χ0n) is 10.8. The van der Waals surface area contributed by atoms with Crippen LogP contribution in [0.4, 0.5) is 10.1 Å². The van der Waals surface area contributed by atoms with E-state index in [1.807, 2.05) is 0 Å².